The Kier molecular flexibility index (Phi) is 2.14. The Morgan fingerprint density at radius 1 is 1.24 bits per heavy atom. The van der Waals surface area contributed by atoms with Gasteiger partial charge in [0, 0.05) is 0 Å². The lowest BCUT2D eigenvalue weighted by Crippen LogP contribution is -2.09. The fourth-order valence-corrected chi connectivity index (χ4v) is 2.13. The summed E-state index contributed by atoms with van der Waals surface area (Å²) in [7, 11) is 0. The number of rotatable bonds is 2. The molecule has 0 fully saturated rings. The van der Waals surface area contributed by atoms with Gasteiger partial charge in [0.05, 0.1) is 23.3 Å². The van der Waals surface area contributed by atoms with Gasteiger partial charge >= 0.3 is 0 Å². The van der Waals surface area contributed by atoms with Gasteiger partial charge in [-0.2, -0.15) is 0 Å². The Bertz CT molecular complexity index is 640. The number of aromatic nitrogens is 2. The van der Waals surface area contributed by atoms with Crippen molar-refractivity contribution in [2.75, 3.05) is 5.73 Å². The van der Waals surface area contributed by atoms with Crippen LogP contribution in [0.25, 0.3) is 11.0 Å². The van der Waals surface area contributed by atoms with Gasteiger partial charge in [0.2, 0.25) is 5.95 Å². The molecule has 2 aromatic heterocycles. The van der Waals surface area contributed by atoms with Crippen LogP contribution >= 0.6 is 0 Å². The van der Waals surface area contributed by atoms with Crippen molar-refractivity contribution < 1.29 is 4.42 Å². The van der Waals surface area contributed by atoms with Gasteiger partial charge in [-0.1, -0.05) is 12.1 Å². The van der Waals surface area contributed by atoms with Gasteiger partial charge in [-0.3, -0.25) is 0 Å². The number of nitrogens with two attached hydrogens (primary N) is 1. The Morgan fingerprint density at radius 2 is 2.06 bits per heavy atom. The number of nitrogens with zero attached hydrogens (tertiary/aromatic N) is 2. The average molecular weight is 227 g/mol. The summed E-state index contributed by atoms with van der Waals surface area (Å²) in [5.74, 6) is 1.38. The van der Waals surface area contributed by atoms with E-state index in [9.17, 15) is 0 Å². The molecule has 1 aromatic carbocycles. The van der Waals surface area contributed by atoms with Crippen molar-refractivity contribution in [3.8, 4) is 0 Å². The minimum absolute atomic E-state index is 0.0393. The summed E-state index contributed by atoms with van der Waals surface area (Å²) in [5.41, 5.74) is 7.90. The highest BCUT2D eigenvalue weighted by Crippen LogP contribution is 2.27. The molecule has 0 spiro atoms. The van der Waals surface area contributed by atoms with E-state index in [-0.39, 0.29) is 6.04 Å². The molecule has 0 saturated heterocycles. The number of benzene rings is 1. The van der Waals surface area contributed by atoms with Crippen LogP contribution in [0, 0.1) is 0 Å². The molecule has 0 radical (unpaired) electrons. The maximum atomic E-state index is 5.97. The van der Waals surface area contributed by atoms with Crippen molar-refractivity contribution in [1.82, 2.24) is 9.55 Å². The number of hydrogen-bond acceptors (Lipinski definition) is 3. The number of furan rings is 1. The molecule has 4 nitrogen and oxygen atoms in total. The van der Waals surface area contributed by atoms with Crippen LogP contribution in [0.3, 0.4) is 0 Å². The molecule has 0 bridgehead atoms. The van der Waals surface area contributed by atoms with Gasteiger partial charge in [0.15, 0.2) is 0 Å². The zero-order valence-electron chi connectivity index (χ0n) is 9.50. The molecule has 1 unspecified atom stereocenters. The fraction of sp³-hybridized carbons (Fsp3) is 0.154. The summed E-state index contributed by atoms with van der Waals surface area (Å²) in [6, 6.07) is 11.8. The van der Waals surface area contributed by atoms with Crippen LogP contribution in [0.1, 0.15) is 18.7 Å². The van der Waals surface area contributed by atoms with E-state index in [1.165, 1.54) is 0 Å². The highest BCUT2D eigenvalue weighted by molar-refractivity contribution is 5.78. The van der Waals surface area contributed by atoms with Crippen molar-refractivity contribution in [2.24, 2.45) is 0 Å². The molecule has 0 aliphatic heterocycles. The summed E-state index contributed by atoms with van der Waals surface area (Å²) < 4.78 is 7.40. The normalized spacial score (nSPS) is 13.0. The van der Waals surface area contributed by atoms with Gasteiger partial charge in [0.25, 0.3) is 0 Å². The first-order chi connectivity index (χ1) is 8.27. The number of nitrogen functional groups attached to an aromatic ring is 1. The van der Waals surface area contributed by atoms with Crippen LogP contribution in [0.4, 0.5) is 5.95 Å². The predicted molar refractivity (Wildman–Crippen MR) is 66.7 cm³/mol. The van der Waals surface area contributed by atoms with Gasteiger partial charge in [-0.25, -0.2) is 4.98 Å². The molecular formula is C13H13N3O. The monoisotopic (exact) mass is 227 g/mol. The second-order valence-corrected chi connectivity index (χ2v) is 4.02. The van der Waals surface area contributed by atoms with Crippen LogP contribution in [0.15, 0.2) is 47.1 Å². The van der Waals surface area contributed by atoms with Gasteiger partial charge < -0.3 is 14.7 Å². The fourth-order valence-electron chi connectivity index (χ4n) is 2.13. The van der Waals surface area contributed by atoms with E-state index in [2.05, 4.69) is 4.98 Å². The first kappa shape index (κ1) is 9.96. The first-order valence-corrected chi connectivity index (χ1v) is 5.53. The molecule has 2 N–H and O–H groups in total. The molecule has 17 heavy (non-hydrogen) atoms. The molecule has 0 aliphatic rings. The molecule has 4 heteroatoms. The summed E-state index contributed by atoms with van der Waals surface area (Å²) in [5, 5.41) is 0. The minimum Gasteiger partial charge on any atom is -0.467 e. The lowest BCUT2D eigenvalue weighted by Gasteiger charge is -2.13. The zero-order valence-corrected chi connectivity index (χ0v) is 9.50. The van der Waals surface area contributed by atoms with Crippen molar-refractivity contribution in [3.05, 3.63) is 48.4 Å². The lowest BCUT2D eigenvalue weighted by molar-refractivity contribution is 0.453. The van der Waals surface area contributed by atoms with Crippen LogP contribution < -0.4 is 5.73 Å². The quantitative estimate of drug-likeness (QED) is 0.732. The molecule has 0 amide bonds. The second kappa shape index (κ2) is 3.66. The number of para-hydroxylation sites is 2. The third-order valence-electron chi connectivity index (χ3n) is 2.97. The van der Waals surface area contributed by atoms with Crippen molar-refractivity contribution in [1.29, 1.82) is 0 Å². The minimum atomic E-state index is 0.0393. The Hall–Kier alpha value is -2.23. The molecule has 0 aliphatic carbocycles. The molecule has 3 rings (SSSR count). The molecule has 1 atom stereocenters. The second-order valence-electron chi connectivity index (χ2n) is 4.02. The molecule has 86 valence electrons. The summed E-state index contributed by atoms with van der Waals surface area (Å²) in [4.78, 5) is 4.34. The maximum Gasteiger partial charge on any atom is 0.201 e. The van der Waals surface area contributed by atoms with Gasteiger partial charge in [-0.05, 0) is 31.2 Å². The lowest BCUT2D eigenvalue weighted by atomic mass is 10.2. The smallest absolute Gasteiger partial charge is 0.201 e. The maximum absolute atomic E-state index is 5.97. The molecule has 3 aromatic rings. The van der Waals surface area contributed by atoms with E-state index in [1.54, 1.807) is 6.26 Å². The highest BCUT2D eigenvalue weighted by atomic mass is 16.3. The summed E-state index contributed by atoms with van der Waals surface area (Å²) in [6.07, 6.45) is 1.67. The summed E-state index contributed by atoms with van der Waals surface area (Å²) in [6.45, 7) is 2.04. The van der Waals surface area contributed by atoms with E-state index in [4.69, 9.17) is 10.2 Å². The van der Waals surface area contributed by atoms with Gasteiger partial charge in [-0.15, -0.1) is 0 Å². The predicted octanol–water partition coefficient (Wildman–Crippen LogP) is 2.82. The highest BCUT2D eigenvalue weighted by Gasteiger charge is 2.16. The van der Waals surface area contributed by atoms with E-state index in [0.29, 0.717) is 5.95 Å². The topological polar surface area (TPSA) is 57.0 Å². The van der Waals surface area contributed by atoms with Crippen molar-refractivity contribution >= 4 is 17.0 Å². The SMILES string of the molecule is CC(c1ccco1)n1c(N)nc2ccccc21. The van der Waals surface area contributed by atoms with Crippen LogP contribution in [0.5, 0.6) is 0 Å². The average Bonchev–Trinajstić information content (AvgIpc) is 2.94. The number of imidazole rings is 1. The van der Waals surface area contributed by atoms with E-state index >= 15 is 0 Å². The Balaban J connectivity index is 2.20. The zero-order chi connectivity index (χ0) is 11.8. The number of hydrogen-bond donors (Lipinski definition) is 1. The van der Waals surface area contributed by atoms with Gasteiger partial charge in [0.1, 0.15) is 5.76 Å². The first-order valence-electron chi connectivity index (χ1n) is 5.53. The van der Waals surface area contributed by atoms with Crippen molar-refractivity contribution in [3.63, 3.8) is 0 Å². The van der Waals surface area contributed by atoms with E-state index < -0.39 is 0 Å². The largest absolute Gasteiger partial charge is 0.467 e. The number of fused-ring (bicyclic) bond motifs is 1. The third kappa shape index (κ3) is 1.49. The molecular weight excluding hydrogens is 214 g/mol. The van der Waals surface area contributed by atoms with Crippen LogP contribution in [0.2, 0.25) is 0 Å². The number of anilines is 1. The van der Waals surface area contributed by atoms with Crippen molar-refractivity contribution in [2.45, 2.75) is 13.0 Å². The standard InChI is InChI=1S/C13H13N3O/c1-9(12-7-4-8-17-12)16-11-6-3-2-5-10(11)15-13(16)14/h2-9H,1H3,(H2,14,15). The van der Waals surface area contributed by atoms with E-state index in [0.717, 1.165) is 16.8 Å². The molecule has 0 saturated carbocycles. The molecule has 2 heterocycles. The Labute approximate surface area is 98.7 Å². The van der Waals surface area contributed by atoms with Crippen LogP contribution in [-0.2, 0) is 0 Å². The third-order valence-corrected chi connectivity index (χ3v) is 2.97. The van der Waals surface area contributed by atoms with E-state index in [1.807, 2.05) is 47.9 Å². The van der Waals surface area contributed by atoms with Crippen LogP contribution in [-0.4, -0.2) is 9.55 Å². The Morgan fingerprint density at radius 3 is 2.82 bits per heavy atom. The summed E-state index contributed by atoms with van der Waals surface area (Å²) >= 11 is 0.